The molecule has 1 N–H and O–H groups in total. The van der Waals surface area contributed by atoms with Crippen LogP contribution < -0.4 is 5.32 Å². The molecule has 18 heavy (non-hydrogen) atoms. The Labute approximate surface area is 105 Å². The molecule has 0 aromatic carbocycles. The molecule has 2 rings (SSSR count). The van der Waals surface area contributed by atoms with Gasteiger partial charge in [0.2, 0.25) is 0 Å². The second-order valence-corrected chi connectivity index (χ2v) is 4.99. The van der Waals surface area contributed by atoms with Crippen LogP contribution >= 0.6 is 0 Å². The van der Waals surface area contributed by atoms with Gasteiger partial charge in [-0.15, -0.1) is 10.2 Å². The molecule has 2 aromatic heterocycles. The smallest absolute Gasteiger partial charge is 0.407 e. The lowest BCUT2D eigenvalue weighted by Crippen LogP contribution is -2.32. The molecule has 0 fully saturated rings. The van der Waals surface area contributed by atoms with Crippen LogP contribution in [0.1, 0.15) is 26.3 Å². The Morgan fingerprint density at radius 1 is 1.50 bits per heavy atom. The Bertz CT molecular complexity index is 556. The minimum Gasteiger partial charge on any atom is -0.444 e. The van der Waals surface area contributed by atoms with Gasteiger partial charge in [-0.1, -0.05) is 0 Å². The van der Waals surface area contributed by atoms with Crippen LogP contribution in [0.3, 0.4) is 0 Å². The van der Waals surface area contributed by atoms with Gasteiger partial charge in [0, 0.05) is 12.7 Å². The molecular formula is C12H16N4O2. The topological polar surface area (TPSA) is 68.5 Å². The quantitative estimate of drug-likeness (QED) is 0.879. The van der Waals surface area contributed by atoms with E-state index in [4.69, 9.17) is 4.74 Å². The first-order chi connectivity index (χ1) is 8.44. The number of carbonyl (C=O) groups excluding carboxylic acids is 1. The van der Waals surface area contributed by atoms with E-state index in [1.165, 1.54) is 0 Å². The first-order valence-corrected chi connectivity index (χ1v) is 5.69. The number of nitrogens with one attached hydrogen (secondary N) is 1. The van der Waals surface area contributed by atoms with E-state index >= 15 is 0 Å². The monoisotopic (exact) mass is 248 g/mol. The molecule has 0 aliphatic heterocycles. The summed E-state index contributed by atoms with van der Waals surface area (Å²) in [6.07, 6.45) is 3.05. The lowest BCUT2D eigenvalue weighted by molar-refractivity contribution is 0.0523. The Morgan fingerprint density at radius 3 is 3.00 bits per heavy atom. The number of amides is 1. The largest absolute Gasteiger partial charge is 0.444 e. The van der Waals surface area contributed by atoms with Crippen molar-refractivity contribution in [2.75, 3.05) is 0 Å². The van der Waals surface area contributed by atoms with Gasteiger partial charge in [-0.2, -0.15) is 0 Å². The number of nitrogens with zero attached hydrogens (tertiary/aromatic N) is 3. The molecule has 2 heterocycles. The highest BCUT2D eigenvalue weighted by Gasteiger charge is 2.15. The van der Waals surface area contributed by atoms with Gasteiger partial charge in [-0.3, -0.25) is 4.40 Å². The number of fused-ring (bicyclic) bond motifs is 1. The third-order valence-corrected chi connectivity index (χ3v) is 2.20. The molecule has 0 bridgehead atoms. The molecule has 96 valence electrons. The average Bonchev–Trinajstić information content (AvgIpc) is 2.71. The van der Waals surface area contributed by atoms with Crippen LogP contribution in [-0.4, -0.2) is 26.3 Å². The van der Waals surface area contributed by atoms with Gasteiger partial charge in [0.1, 0.15) is 11.9 Å². The highest BCUT2D eigenvalue weighted by Crippen LogP contribution is 2.08. The summed E-state index contributed by atoms with van der Waals surface area (Å²) in [5.41, 5.74) is 1.21. The molecule has 0 atom stereocenters. The molecule has 0 aliphatic carbocycles. The van der Waals surface area contributed by atoms with Gasteiger partial charge >= 0.3 is 6.09 Å². The lowest BCUT2D eigenvalue weighted by Gasteiger charge is -2.19. The molecule has 0 unspecified atom stereocenters. The predicted molar refractivity (Wildman–Crippen MR) is 66.1 cm³/mol. The van der Waals surface area contributed by atoms with E-state index in [9.17, 15) is 4.79 Å². The van der Waals surface area contributed by atoms with Crippen molar-refractivity contribution in [3.63, 3.8) is 0 Å². The average molecular weight is 248 g/mol. The summed E-state index contributed by atoms with van der Waals surface area (Å²) < 4.78 is 6.95. The summed E-state index contributed by atoms with van der Waals surface area (Å²) in [5.74, 6) is 0. The summed E-state index contributed by atoms with van der Waals surface area (Å²) >= 11 is 0. The highest BCUT2D eigenvalue weighted by atomic mass is 16.6. The van der Waals surface area contributed by atoms with E-state index < -0.39 is 11.7 Å². The Kier molecular flexibility index (Phi) is 3.18. The number of hydrogen-bond acceptors (Lipinski definition) is 4. The minimum absolute atomic E-state index is 0.401. The van der Waals surface area contributed by atoms with Crippen LogP contribution in [0.2, 0.25) is 0 Å². The van der Waals surface area contributed by atoms with Gasteiger partial charge in [-0.05, 0) is 38.5 Å². The van der Waals surface area contributed by atoms with Gasteiger partial charge in [-0.25, -0.2) is 4.79 Å². The first kappa shape index (κ1) is 12.3. The molecule has 0 aliphatic rings. The fourth-order valence-electron chi connectivity index (χ4n) is 1.46. The highest BCUT2D eigenvalue weighted by molar-refractivity contribution is 5.67. The van der Waals surface area contributed by atoms with Crippen LogP contribution in [0.5, 0.6) is 0 Å². The molecule has 0 saturated heterocycles. The number of carbonyl (C=O) groups is 1. The third-order valence-electron chi connectivity index (χ3n) is 2.20. The molecule has 0 radical (unpaired) electrons. The predicted octanol–water partition coefficient (Wildman–Crippen LogP) is 1.75. The summed E-state index contributed by atoms with van der Waals surface area (Å²) in [4.78, 5) is 11.5. The van der Waals surface area contributed by atoms with Gasteiger partial charge in [0.25, 0.3) is 0 Å². The zero-order chi connectivity index (χ0) is 13.2. The fraction of sp³-hybridized carbons (Fsp3) is 0.417. The summed E-state index contributed by atoms with van der Waals surface area (Å²) in [6.45, 7) is 5.89. The second kappa shape index (κ2) is 4.64. The zero-order valence-electron chi connectivity index (χ0n) is 10.7. The molecule has 0 saturated carbocycles. The van der Waals surface area contributed by atoms with Crippen LogP contribution in [-0.2, 0) is 11.3 Å². The van der Waals surface area contributed by atoms with Crippen molar-refractivity contribution in [1.29, 1.82) is 0 Å². The Morgan fingerprint density at radius 2 is 2.28 bits per heavy atom. The maximum absolute atomic E-state index is 11.5. The molecule has 2 aromatic rings. The van der Waals surface area contributed by atoms with Crippen molar-refractivity contribution in [1.82, 2.24) is 19.9 Å². The van der Waals surface area contributed by atoms with Crippen molar-refractivity contribution in [2.24, 2.45) is 0 Å². The third kappa shape index (κ3) is 3.19. The normalized spacial score (nSPS) is 11.5. The molecule has 6 heteroatoms. The SMILES string of the molecule is CC(C)(C)OC(=O)NCc1ccn2cnnc2c1. The number of alkyl carbamates (subject to hydrolysis) is 1. The van der Waals surface area contributed by atoms with E-state index in [1.54, 1.807) is 10.7 Å². The number of hydrogen-bond donors (Lipinski definition) is 1. The fourth-order valence-corrected chi connectivity index (χ4v) is 1.46. The maximum Gasteiger partial charge on any atom is 0.407 e. The van der Waals surface area contributed by atoms with Gasteiger partial charge in [0.15, 0.2) is 5.65 Å². The van der Waals surface area contributed by atoms with Crippen molar-refractivity contribution in [3.05, 3.63) is 30.2 Å². The molecule has 0 spiro atoms. The number of ether oxygens (including phenoxy) is 1. The number of aromatic nitrogens is 3. The molecular weight excluding hydrogens is 232 g/mol. The Balaban J connectivity index is 1.95. The summed E-state index contributed by atoms with van der Waals surface area (Å²) in [7, 11) is 0. The number of pyridine rings is 1. The standard InChI is InChI=1S/C12H16N4O2/c1-12(2,3)18-11(17)13-7-9-4-5-16-8-14-15-10(16)6-9/h4-6,8H,7H2,1-3H3,(H,13,17). The summed E-state index contributed by atoms with van der Waals surface area (Å²) in [6, 6.07) is 3.76. The van der Waals surface area contributed by atoms with Crippen molar-refractivity contribution < 1.29 is 9.53 Å². The molecule has 1 amide bonds. The summed E-state index contributed by atoms with van der Waals surface area (Å²) in [5, 5.41) is 10.4. The lowest BCUT2D eigenvalue weighted by atomic mass is 10.2. The van der Waals surface area contributed by atoms with Crippen LogP contribution in [0.15, 0.2) is 24.7 Å². The van der Waals surface area contributed by atoms with Crippen LogP contribution in [0.4, 0.5) is 4.79 Å². The second-order valence-electron chi connectivity index (χ2n) is 4.99. The minimum atomic E-state index is -0.485. The first-order valence-electron chi connectivity index (χ1n) is 5.69. The van der Waals surface area contributed by atoms with Gasteiger partial charge in [0.05, 0.1) is 0 Å². The van der Waals surface area contributed by atoms with Crippen molar-refractivity contribution in [2.45, 2.75) is 32.9 Å². The van der Waals surface area contributed by atoms with E-state index in [-0.39, 0.29) is 0 Å². The van der Waals surface area contributed by atoms with Gasteiger partial charge < -0.3 is 10.1 Å². The van der Waals surface area contributed by atoms with Crippen LogP contribution in [0.25, 0.3) is 5.65 Å². The van der Waals surface area contributed by atoms with E-state index in [1.807, 2.05) is 39.1 Å². The van der Waals surface area contributed by atoms with E-state index in [0.717, 1.165) is 11.2 Å². The van der Waals surface area contributed by atoms with E-state index in [2.05, 4.69) is 15.5 Å². The Hall–Kier alpha value is -2.11. The van der Waals surface area contributed by atoms with E-state index in [0.29, 0.717) is 6.54 Å². The zero-order valence-corrected chi connectivity index (χ0v) is 10.7. The van der Waals surface area contributed by atoms with Crippen LogP contribution in [0, 0.1) is 0 Å². The maximum atomic E-state index is 11.5. The van der Waals surface area contributed by atoms with Crippen molar-refractivity contribution >= 4 is 11.7 Å². The number of rotatable bonds is 2. The van der Waals surface area contributed by atoms with Crippen molar-refractivity contribution in [3.8, 4) is 0 Å². The molecule has 6 nitrogen and oxygen atoms in total.